The van der Waals surface area contributed by atoms with Crippen LogP contribution in [0.2, 0.25) is 0 Å². The van der Waals surface area contributed by atoms with Crippen molar-refractivity contribution in [2.45, 2.75) is 6.54 Å². The smallest absolute Gasteiger partial charge is 0.317 e. The minimum Gasteiger partial charge on any atom is -0.383 e. The van der Waals surface area contributed by atoms with Gasteiger partial charge < -0.3 is 19.9 Å². The van der Waals surface area contributed by atoms with Crippen LogP contribution in [-0.4, -0.2) is 87.3 Å². The molecule has 0 unspecified atom stereocenters. The summed E-state index contributed by atoms with van der Waals surface area (Å²) in [4.78, 5) is 19.4. The Bertz CT molecular complexity index is 754. The Labute approximate surface area is 168 Å². The van der Waals surface area contributed by atoms with Crippen molar-refractivity contribution in [2.24, 2.45) is 0 Å². The summed E-state index contributed by atoms with van der Waals surface area (Å²) in [5.41, 5.74) is 1.16. The molecule has 1 N–H and O–H groups in total. The quantitative estimate of drug-likeness (QED) is 0.758. The van der Waals surface area contributed by atoms with Gasteiger partial charge in [-0.1, -0.05) is 42.5 Å². The summed E-state index contributed by atoms with van der Waals surface area (Å²) in [5, 5.41) is 5.48. The lowest BCUT2D eigenvalue weighted by atomic mass is 10.0. The zero-order valence-electron chi connectivity index (χ0n) is 17.1. The van der Waals surface area contributed by atoms with Gasteiger partial charge in [0.1, 0.15) is 0 Å². The van der Waals surface area contributed by atoms with Gasteiger partial charge in [0.15, 0.2) is 0 Å². The lowest BCUT2D eigenvalue weighted by molar-refractivity contribution is 0.141. The van der Waals surface area contributed by atoms with Gasteiger partial charge in [0.2, 0.25) is 0 Å². The van der Waals surface area contributed by atoms with Crippen LogP contribution in [0.1, 0.15) is 5.56 Å². The lowest BCUT2D eigenvalue weighted by Gasteiger charge is -2.32. The summed E-state index contributed by atoms with van der Waals surface area (Å²) in [5.74, 6) is 0. The monoisotopic (exact) mass is 384 g/mol. The predicted octanol–water partition coefficient (Wildman–Crippen LogP) is 2.25. The lowest BCUT2D eigenvalue weighted by Crippen LogP contribution is -2.48. The number of piperazine rings is 1. The molecule has 0 aromatic heterocycles. The minimum absolute atomic E-state index is 0.0286. The van der Waals surface area contributed by atoms with Crippen molar-refractivity contribution < 1.29 is 9.53 Å². The van der Waals surface area contributed by atoms with Crippen molar-refractivity contribution in [1.29, 1.82) is 0 Å². The van der Waals surface area contributed by atoms with Crippen LogP contribution in [0.25, 0.3) is 10.8 Å². The third-order valence-electron chi connectivity index (χ3n) is 5.39. The molecule has 0 atom stereocenters. The van der Waals surface area contributed by atoms with E-state index in [0.29, 0.717) is 26.2 Å². The maximum absolute atomic E-state index is 12.8. The van der Waals surface area contributed by atoms with Crippen LogP contribution in [0.5, 0.6) is 0 Å². The van der Waals surface area contributed by atoms with Gasteiger partial charge in [-0.2, -0.15) is 0 Å². The molecule has 0 spiro atoms. The summed E-state index contributed by atoms with van der Waals surface area (Å²) in [6.45, 7) is 7.55. The number of hydrogen-bond acceptors (Lipinski definition) is 4. The average Bonchev–Trinajstić information content (AvgIpc) is 2.72. The first kappa shape index (κ1) is 20.6. The van der Waals surface area contributed by atoms with E-state index in [4.69, 9.17) is 4.74 Å². The van der Waals surface area contributed by atoms with Gasteiger partial charge in [-0.3, -0.25) is 4.90 Å². The Kier molecular flexibility index (Phi) is 7.65. The summed E-state index contributed by atoms with van der Waals surface area (Å²) >= 11 is 0. The Hall–Kier alpha value is -2.15. The van der Waals surface area contributed by atoms with Crippen LogP contribution in [0, 0.1) is 0 Å². The van der Waals surface area contributed by atoms with E-state index < -0.39 is 0 Å². The summed E-state index contributed by atoms with van der Waals surface area (Å²) in [6, 6.07) is 14.5. The highest BCUT2D eigenvalue weighted by Crippen LogP contribution is 2.20. The number of ether oxygens (including phenoxy) is 1. The molecule has 6 nitrogen and oxygen atoms in total. The number of methoxy groups -OCH3 is 1. The van der Waals surface area contributed by atoms with E-state index in [1.165, 1.54) is 10.8 Å². The largest absolute Gasteiger partial charge is 0.383 e. The molecule has 0 radical (unpaired) electrons. The fourth-order valence-electron chi connectivity index (χ4n) is 3.59. The Morgan fingerprint density at radius 3 is 2.64 bits per heavy atom. The molecule has 28 heavy (non-hydrogen) atoms. The second-order valence-corrected chi connectivity index (χ2v) is 7.43. The van der Waals surface area contributed by atoms with Crippen LogP contribution in [0.15, 0.2) is 42.5 Å². The maximum atomic E-state index is 12.8. The van der Waals surface area contributed by atoms with E-state index >= 15 is 0 Å². The number of likely N-dealkylation sites (N-methyl/N-ethyl adjacent to an activating group) is 1. The molecule has 2 amide bonds. The number of fused-ring (bicyclic) bond motifs is 1. The van der Waals surface area contributed by atoms with E-state index in [1.807, 2.05) is 17.0 Å². The topological polar surface area (TPSA) is 48.1 Å². The minimum atomic E-state index is -0.0286. The van der Waals surface area contributed by atoms with E-state index in [2.05, 4.69) is 52.5 Å². The Morgan fingerprint density at radius 1 is 1.11 bits per heavy atom. The van der Waals surface area contributed by atoms with Gasteiger partial charge in [-0.05, 0) is 23.4 Å². The predicted molar refractivity (Wildman–Crippen MR) is 114 cm³/mol. The van der Waals surface area contributed by atoms with Crippen LogP contribution in [-0.2, 0) is 11.3 Å². The number of rotatable bonds is 8. The molecule has 1 fully saturated rings. The van der Waals surface area contributed by atoms with Gasteiger partial charge in [-0.25, -0.2) is 4.79 Å². The normalized spacial score (nSPS) is 15.6. The van der Waals surface area contributed by atoms with Gasteiger partial charge in [-0.15, -0.1) is 0 Å². The fourth-order valence-corrected chi connectivity index (χ4v) is 3.59. The number of benzene rings is 2. The first-order chi connectivity index (χ1) is 13.7. The molecule has 0 saturated carbocycles. The van der Waals surface area contributed by atoms with Gasteiger partial charge in [0.05, 0.1) is 6.61 Å². The highest BCUT2D eigenvalue weighted by atomic mass is 16.5. The van der Waals surface area contributed by atoms with Crippen LogP contribution in [0.4, 0.5) is 4.79 Å². The van der Waals surface area contributed by atoms with Crippen LogP contribution < -0.4 is 5.32 Å². The molecule has 0 aliphatic carbocycles. The van der Waals surface area contributed by atoms with Crippen molar-refractivity contribution in [3.8, 4) is 0 Å². The SMILES string of the molecule is COCCN(Cc1cccc2ccccc12)C(=O)NCCN1CCN(C)CC1. The molecule has 1 heterocycles. The van der Waals surface area contributed by atoms with E-state index in [9.17, 15) is 4.79 Å². The van der Waals surface area contributed by atoms with Crippen molar-refractivity contribution in [3.05, 3.63) is 48.0 Å². The number of carbonyl (C=O) groups excluding carboxylic acids is 1. The zero-order chi connectivity index (χ0) is 19.8. The Morgan fingerprint density at radius 2 is 1.86 bits per heavy atom. The molecule has 2 aromatic carbocycles. The summed E-state index contributed by atoms with van der Waals surface area (Å²) in [6.07, 6.45) is 0. The van der Waals surface area contributed by atoms with Gasteiger partial charge in [0, 0.05) is 59.5 Å². The molecule has 1 saturated heterocycles. The highest BCUT2D eigenvalue weighted by Gasteiger charge is 2.17. The molecule has 3 rings (SSSR count). The van der Waals surface area contributed by atoms with Crippen molar-refractivity contribution >= 4 is 16.8 Å². The third kappa shape index (κ3) is 5.67. The first-order valence-corrected chi connectivity index (χ1v) is 10.1. The standard InChI is InChI=1S/C22H32N4O2/c1-24-12-14-25(15-13-24)11-10-23-22(27)26(16-17-28-2)18-20-8-5-7-19-6-3-4-9-21(19)20/h3-9H,10-18H2,1-2H3,(H,23,27). The summed E-state index contributed by atoms with van der Waals surface area (Å²) in [7, 11) is 3.82. The molecule has 2 aromatic rings. The number of nitrogens with zero attached hydrogens (tertiary/aromatic N) is 3. The molecule has 152 valence electrons. The average molecular weight is 385 g/mol. The second-order valence-electron chi connectivity index (χ2n) is 7.43. The van der Waals surface area contributed by atoms with Gasteiger partial charge >= 0.3 is 6.03 Å². The van der Waals surface area contributed by atoms with Gasteiger partial charge in [0.25, 0.3) is 0 Å². The van der Waals surface area contributed by atoms with Crippen molar-refractivity contribution in [2.75, 3.05) is 66.6 Å². The number of hydrogen-bond donors (Lipinski definition) is 1. The van der Waals surface area contributed by atoms with E-state index in [-0.39, 0.29) is 6.03 Å². The number of urea groups is 1. The third-order valence-corrected chi connectivity index (χ3v) is 5.39. The van der Waals surface area contributed by atoms with E-state index in [1.54, 1.807) is 7.11 Å². The first-order valence-electron chi connectivity index (χ1n) is 10.1. The summed E-state index contributed by atoms with van der Waals surface area (Å²) < 4.78 is 5.22. The maximum Gasteiger partial charge on any atom is 0.317 e. The highest BCUT2D eigenvalue weighted by molar-refractivity contribution is 5.86. The molecule has 1 aliphatic rings. The molecular weight excluding hydrogens is 352 g/mol. The molecule has 6 heteroatoms. The van der Waals surface area contributed by atoms with Crippen LogP contribution >= 0.6 is 0 Å². The number of amides is 2. The zero-order valence-corrected chi connectivity index (χ0v) is 17.1. The van der Waals surface area contributed by atoms with Crippen molar-refractivity contribution in [1.82, 2.24) is 20.0 Å². The second kappa shape index (κ2) is 10.4. The van der Waals surface area contributed by atoms with Crippen LogP contribution in [0.3, 0.4) is 0 Å². The number of carbonyl (C=O) groups is 1. The molecule has 0 bridgehead atoms. The van der Waals surface area contributed by atoms with Crippen molar-refractivity contribution in [3.63, 3.8) is 0 Å². The molecule has 1 aliphatic heterocycles. The molecular formula is C22H32N4O2. The van der Waals surface area contributed by atoms with E-state index in [0.717, 1.165) is 38.3 Å². The fraction of sp³-hybridized carbons (Fsp3) is 0.500. The Balaban J connectivity index is 1.58. The number of nitrogens with one attached hydrogen (secondary N) is 1.